The lowest BCUT2D eigenvalue weighted by Crippen LogP contribution is -1.94. The minimum absolute atomic E-state index is 0.213. The molecule has 1 heterocycles. The number of halogens is 1. The van der Waals surface area contributed by atoms with Gasteiger partial charge in [-0.05, 0) is 36.2 Å². The molecule has 0 saturated heterocycles. The van der Waals surface area contributed by atoms with E-state index in [9.17, 15) is 10.1 Å². The van der Waals surface area contributed by atoms with Crippen LogP contribution in [0.15, 0.2) is 42.5 Å². The van der Waals surface area contributed by atoms with Crippen LogP contribution in [0, 0.1) is 18.3 Å². The number of hydrogen-bond acceptors (Lipinski definition) is 4. The summed E-state index contributed by atoms with van der Waals surface area (Å²) >= 11 is 7.01. The second-order valence-corrected chi connectivity index (χ2v) is 6.55. The standard InChI is InChI=1S/C18H11ClN2O2S/c1-10-16(18(22)23)24-17(21-10)12-4-7-15(13(8-12)9-20)11-2-5-14(19)6-3-11/h2-8H,1H3,(H,22,23). The summed E-state index contributed by atoms with van der Waals surface area (Å²) in [6.07, 6.45) is 0. The number of hydrogen-bond donors (Lipinski definition) is 1. The maximum atomic E-state index is 11.2. The fraction of sp³-hybridized carbons (Fsp3) is 0.0556. The fourth-order valence-corrected chi connectivity index (χ4v) is 3.40. The van der Waals surface area contributed by atoms with Gasteiger partial charge in [0.1, 0.15) is 9.88 Å². The maximum Gasteiger partial charge on any atom is 0.347 e. The number of thiazole rings is 1. The molecule has 2 aromatic carbocycles. The molecule has 1 aromatic heterocycles. The van der Waals surface area contributed by atoms with Crippen LogP contribution >= 0.6 is 22.9 Å². The number of aromatic carboxylic acids is 1. The van der Waals surface area contributed by atoms with Crippen LogP contribution in [0.25, 0.3) is 21.7 Å². The molecule has 0 aliphatic carbocycles. The third-order valence-electron chi connectivity index (χ3n) is 3.53. The Labute approximate surface area is 147 Å². The van der Waals surface area contributed by atoms with Gasteiger partial charge in [-0.2, -0.15) is 5.26 Å². The molecule has 0 amide bonds. The molecule has 6 heteroatoms. The predicted molar refractivity (Wildman–Crippen MR) is 94.4 cm³/mol. The second-order valence-electron chi connectivity index (χ2n) is 5.12. The van der Waals surface area contributed by atoms with Crippen LogP contribution in [0.3, 0.4) is 0 Å². The molecule has 4 nitrogen and oxygen atoms in total. The van der Waals surface area contributed by atoms with Gasteiger partial charge < -0.3 is 5.11 Å². The molecule has 24 heavy (non-hydrogen) atoms. The summed E-state index contributed by atoms with van der Waals surface area (Å²) < 4.78 is 0. The average molecular weight is 355 g/mol. The Kier molecular flexibility index (Phi) is 4.34. The Bertz CT molecular complexity index is 972. The molecule has 0 fully saturated rings. The predicted octanol–water partition coefficient (Wildman–Crippen LogP) is 5.01. The second kappa shape index (κ2) is 6.44. The smallest absolute Gasteiger partial charge is 0.347 e. The third-order valence-corrected chi connectivity index (χ3v) is 4.98. The molecule has 0 atom stereocenters. The summed E-state index contributed by atoms with van der Waals surface area (Å²) in [5.41, 5.74) is 3.39. The topological polar surface area (TPSA) is 74.0 Å². The van der Waals surface area contributed by atoms with E-state index in [0.717, 1.165) is 28.0 Å². The lowest BCUT2D eigenvalue weighted by molar-refractivity contribution is 0.0701. The van der Waals surface area contributed by atoms with Gasteiger partial charge in [-0.1, -0.05) is 35.9 Å². The molecular formula is C18H11ClN2O2S. The summed E-state index contributed by atoms with van der Waals surface area (Å²) in [6.45, 7) is 1.66. The number of aromatic nitrogens is 1. The number of nitrogens with zero attached hydrogens (tertiary/aromatic N) is 2. The highest BCUT2D eigenvalue weighted by atomic mass is 35.5. The summed E-state index contributed by atoms with van der Waals surface area (Å²) in [4.78, 5) is 15.7. The van der Waals surface area contributed by atoms with Gasteiger partial charge >= 0.3 is 5.97 Å². The van der Waals surface area contributed by atoms with Gasteiger partial charge in [0, 0.05) is 10.6 Å². The van der Waals surface area contributed by atoms with Gasteiger partial charge in [-0.3, -0.25) is 0 Å². The highest BCUT2D eigenvalue weighted by Crippen LogP contribution is 2.32. The zero-order valence-corrected chi connectivity index (χ0v) is 14.1. The first-order valence-electron chi connectivity index (χ1n) is 7.01. The summed E-state index contributed by atoms with van der Waals surface area (Å²) in [5.74, 6) is -0.991. The van der Waals surface area contributed by atoms with Crippen molar-refractivity contribution in [3.63, 3.8) is 0 Å². The number of nitriles is 1. The van der Waals surface area contributed by atoms with Gasteiger partial charge in [0.05, 0.1) is 17.3 Å². The molecule has 0 saturated carbocycles. The van der Waals surface area contributed by atoms with E-state index in [1.54, 1.807) is 25.1 Å². The summed E-state index contributed by atoms with van der Waals surface area (Å²) in [6, 6.07) is 14.9. The maximum absolute atomic E-state index is 11.2. The Morgan fingerprint density at radius 3 is 2.46 bits per heavy atom. The Morgan fingerprint density at radius 1 is 1.21 bits per heavy atom. The number of carboxylic acids is 1. The normalized spacial score (nSPS) is 10.4. The van der Waals surface area contributed by atoms with Crippen molar-refractivity contribution in [2.24, 2.45) is 0 Å². The number of carbonyl (C=O) groups is 1. The van der Waals surface area contributed by atoms with E-state index in [0.29, 0.717) is 21.3 Å². The zero-order valence-electron chi connectivity index (χ0n) is 12.6. The van der Waals surface area contributed by atoms with Crippen molar-refractivity contribution in [3.8, 4) is 27.8 Å². The quantitative estimate of drug-likeness (QED) is 0.717. The number of aryl methyl sites for hydroxylation is 1. The van der Waals surface area contributed by atoms with E-state index in [-0.39, 0.29) is 4.88 Å². The lowest BCUT2D eigenvalue weighted by atomic mass is 9.98. The zero-order chi connectivity index (χ0) is 17.3. The third kappa shape index (κ3) is 3.02. The summed E-state index contributed by atoms with van der Waals surface area (Å²) in [5, 5.41) is 19.8. The highest BCUT2D eigenvalue weighted by Gasteiger charge is 2.16. The number of benzene rings is 2. The van der Waals surface area contributed by atoms with Gasteiger partial charge in [0.2, 0.25) is 0 Å². The first kappa shape index (κ1) is 16.2. The van der Waals surface area contributed by atoms with Crippen molar-refractivity contribution in [1.29, 1.82) is 5.26 Å². The van der Waals surface area contributed by atoms with Crippen LogP contribution in [0.1, 0.15) is 20.9 Å². The highest BCUT2D eigenvalue weighted by molar-refractivity contribution is 7.17. The van der Waals surface area contributed by atoms with Crippen LogP contribution in [-0.4, -0.2) is 16.1 Å². The van der Waals surface area contributed by atoms with Crippen LogP contribution in [0.2, 0.25) is 5.02 Å². The van der Waals surface area contributed by atoms with Crippen molar-refractivity contribution in [2.75, 3.05) is 0 Å². The molecule has 0 radical (unpaired) electrons. The van der Waals surface area contributed by atoms with Gasteiger partial charge in [0.15, 0.2) is 0 Å². The van der Waals surface area contributed by atoms with Crippen LogP contribution in [0.4, 0.5) is 0 Å². The lowest BCUT2D eigenvalue weighted by Gasteiger charge is -2.06. The Morgan fingerprint density at radius 2 is 1.88 bits per heavy atom. The molecule has 0 unspecified atom stereocenters. The van der Waals surface area contributed by atoms with Gasteiger partial charge in [-0.25, -0.2) is 9.78 Å². The van der Waals surface area contributed by atoms with Gasteiger partial charge in [-0.15, -0.1) is 11.3 Å². The van der Waals surface area contributed by atoms with Gasteiger partial charge in [0.25, 0.3) is 0 Å². The van der Waals surface area contributed by atoms with Crippen LogP contribution < -0.4 is 0 Å². The van der Waals surface area contributed by atoms with E-state index >= 15 is 0 Å². The number of carboxylic acid groups (broad SMARTS) is 1. The minimum Gasteiger partial charge on any atom is -0.477 e. The SMILES string of the molecule is Cc1nc(-c2ccc(-c3ccc(Cl)cc3)c(C#N)c2)sc1C(=O)O. The van der Waals surface area contributed by atoms with Crippen molar-refractivity contribution in [2.45, 2.75) is 6.92 Å². The van der Waals surface area contributed by atoms with Crippen molar-refractivity contribution in [3.05, 3.63) is 63.6 Å². The Hall–Kier alpha value is -2.68. The van der Waals surface area contributed by atoms with E-state index in [1.165, 1.54) is 0 Å². The average Bonchev–Trinajstić information content (AvgIpc) is 2.97. The van der Waals surface area contributed by atoms with Crippen molar-refractivity contribution >= 4 is 28.9 Å². The van der Waals surface area contributed by atoms with E-state index in [1.807, 2.05) is 24.3 Å². The largest absolute Gasteiger partial charge is 0.477 e. The first-order chi connectivity index (χ1) is 11.5. The Balaban J connectivity index is 2.07. The molecular weight excluding hydrogens is 344 g/mol. The molecule has 0 aliphatic heterocycles. The monoisotopic (exact) mass is 354 g/mol. The van der Waals surface area contributed by atoms with E-state index in [2.05, 4.69) is 11.1 Å². The van der Waals surface area contributed by atoms with Crippen molar-refractivity contribution in [1.82, 2.24) is 4.98 Å². The molecule has 118 valence electrons. The summed E-state index contributed by atoms with van der Waals surface area (Å²) in [7, 11) is 0. The first-order valence-corrected chi connectivity index (χ1v) is 8.20. The van der Waals surface area contributed by atoms with Crippen LogP contribution in [0.5, 0.6) is 0 Å². The minimum atomic E-state index is -0.991. The van der Waals surface area contributed by atoms with Crippen LogP contribution in [-0.2, 0) is 0 Å². The number of rotatable bonds is 3. The molecule has 0 spiro atoms. The van der Waals surface area contributed by atoms with E-state index in [4.69, 9.17) is 16.7 Å². The van der Waals surface area contributed by atoms with Crippen molar-refractivity contribution < 1.29 is 9.90 Å². The molecule has 1 N–H and O–H groups in total. The molecule has 3 rings (SSSR count). The van der Waals surface area contributed by atoms with E-state index < -0.39 is 5.97 Å². The molecule has 0 bridgehead atoms. The fourth-order valence-electron chi connectivity index (χ4n) is 2.37. The molecule has 3 aromatic rings. The molecule has 0 aliphatic rings.